The van der Waals surface area contributed by atoms with E-state index in [4.69, 9.17) is 36.3 Å². The van der Waals surface area contributed by atoms with Gasteiger partial charge >= 0.3 is 0 Å². The summed E-state index contributed by atoms with van der Waals surface area (Å²) in [5.41, 5.74) is 6.28. The predicted octanol–water partition coefficient (Wildman–Crippen LogP) is 8.09. The zero-order chi connectivity index (χ0) is 32.2. The fraction of sp³-hybridized carbons (Fsp3) is 0.385. The van der Waals surface area contributed by atoms with E-state index >= 15 is 0 Å². The van der Waals surface area contributed by atoms with E-state index in [0.29, 0.717) is 23.9 Å². The van der Waals surface area contributed by atoms with Crippen LogP contribution in [0.25, 0.3) is 0 Å². The Bertz CT molecular complexity index is 1380. The first kappa shape index (κ1) is 35.9. The van der Waals surface area contributed by atoms with E-state index in [9.17, 15) is 0 Å². The number of nitrogens with two attached hydrogens (primary N) is 1. The molecule has 0 amide bonds. The van der Waals surface area contributed by atoms with E-state index in [0.717, 1.165) is 75.1 Å². The molecule has 8 heteroatoms. The van der Waals surface area contributed by atoms with E-state index in [-0.39, 0.29) is 18.6 Å². The average molecular weight is 660 g/mol. The molecule has 0 bridgehead atoms. The van der Waals surface area contributed by atoms with Crippen LogP contribution in [0.3, 0.4) is 0 Å². The summed E-state index contributed by atoms with van der Waals surface area (Å²) in [6.07, 6.45) is 1.98. The molecule has 0 saturated carbocycles. The Labute approximate surface area is 286 Å². The van der Waals surface area contributed by atoms with Crippen molar-refractivity contribution in [1.29, 1.82) is 0 Å². The second-order valence-electron chi connectivity index (χ2n) is 12.4. The van der Waals surface area contributed by atoms with Crippen LogP contribution in [0.4, 0.5) is 5.69 Å². The molecule has 2 atom stereocenters. The standard InChI is InChI=1S/C19H22ClNO2.C19H24N2O2.CH4/c2*1-19(23-18-10-6-5-9-17(18)20)11-12-21(15-19)13-14-22-16-7-3-2-4-8-16;/h2-10H,11-15H2,1H3;2-10H,11-15,20H2,1H3;1H4. The van der Waals surface area contributed by atoms with Crippen LogP contribution < -0.4 is 24.7 Å². The van der Waals surface area contributed by atoms with Crippen molar-refractivity contribution in [2.75, 3.05) is 58.2 Å². The highest BCUT2D eigenvalue weighted by atomic mass is 35.5. The molecule has 0 radical (unpaired) electrons. The minimum atomic E-state index is -0.197. The highest BCUT2D eigenvalue weighted by Crippen LogP contribution is 2.32. The average Bonchev–Trinajstić information content (AvgIpc) is 3.62. The van der Waals surface area contributed by atoms with Crippen molar-refractivity contribution in [3.05, 3.63) is 114 Å². The van der Waals surface area contributed by atoms with Crippen molar-refractivity contribution in [1.82, 2.24) is 9.80 Å². The van der Waals surface area contributed by atoms with Crippen LogP contribution in [-0.2, 0) is 0 Å². The summed E-state index contributed by atoms with van der Waals surface area (Å²) in [5, 5.41) is 0.666. The highest BCUT2D eigenvalue weighted by molar-refractivity contribution is 6.32. The molecule has 47 heavy (non-hydrogen) atoms. The number of anilines is 1. The number of likely N-dealkylation sites (tertiary alicyclic amines) is 2. The Morgan fingerprint density at radius 1 is 0.617 bits per heavy atom. The maximum Gasteiger partial charge on any atom is 0.143 e. The van der Waals surface area contributed by atoms with Gasteiger partial charge in [0.15, 0.2) is 0 Å². The highest BCUT2D eigenvalue weighted by Gasteiger charge is 2.37. The molecule has 4 aromatic carbocycles. The number of benzene rings is 4. The normalized spacial score (nSPS) is 20.8. The van der Waals surface area contributed by atoms with Crippen LogP contribution in [0.15, 0.2) is 109 Å². The summed E-state index contributed by atoms with van der Waals surface area (Å²) < 4.78 is 23.9. The van der Waals surface area contributed by atoms with Gasteiger partial charge in [-0.3, -0.25) is 9.80 Å². The third-order valence-electron chi connectivity index (χ3n) is 8.34. The van der Waals surface area contributed by atoms with E-state index in [1.54, 1.807) is 0 Å². The van der Waals surface area contributed by atoms with Gasteiger partial charge in [0.2, 0.25) is 0 Å². The predicted molar refractivity (Wildman–Crippen MR) is 193 cm³/mol. The third kappa shape index (κ3) is 11.1. The van der Waals surface area contributed by atoms with Gasteiger partial charge in [0.1, 0.15) is 47.4 Å². The third-order valence-corrected chi connectivity index (χ3v) is 8.65. The van der Waals surface area contributed by atoms with Gasteiger partial charge in [-0.05, 0) is 62.4 Å². The van der Waals surface area contributed by atoms with Crippen molar-refractivity contribution < 1.29 is 18.9 Å². The molecule has 0 aliphatic carbocycles. The summed E-state index contributed by atoms with van der Waals surface area (Å²) in [6.45, 7) is 11.3. The molecular weight excluding hydrogens is 610 g/mol. The fourth-order valence-electron chi connectivity index (χ4n) is 5.85. The zero-order valence-corrected chi connectivity index (χ0v) is 27.7. The van der Waals surface area contributed by atoms with Crippen molar-refractivity contribution in [3.63, 3.8) is 0 Å². The second-order valence-corrected chi connectivity index (χ2v) is 12.9. The fourth-order valence-corrected chi connectivity index (χ4v) is 6.02. The van der Waals surface area contributed by atoms with Crippen LogP contribution in [0.2, 0.25) is 5.02 Å². The minimum absolute atomic E-state index is 0. The molecule has 2 saturated heterocycles. The molecule has 2 aliphatic rings. The number of rotatable bonds is 12. The summed E-state index contributed by atoms with van der Waals surface area (Å²) in [7, 11) is 0. The van der Waals surface area contributed by atoms with Crippen molar-refractivity contribution in [3.8, 4) is 23.0 Å². The Morgan fingerprint density at radius 2 is 1.04 bits per heavy atom. The van der Waals surface area contributed by atoms with Gasteiger partial charge in [0.25, 0.3) is 0 Å². The zero-order valence-electron chi connectivity index (χ0n) is 26.9. The van der Waals surface area contributed by atoms with Gasteiger partial charge in [0.05, 0.1) is 10.7 Å². The van der Waals surface area contributed by atoms with Crippen LogP contribution in [0, 0.1) is 0 Å². The van der Waals surface area contributed by atoms with Gasteiger partial charge in [0, 0.05) is 52.1 Å². The van der Waals surface area contributed by atoms with E-state index in [1.165, 1.54) is 0 Å². The molecule has 2 unspecified atom stereocenters. The first-order valence-corrected chi connectivity index (χ1v) is 16.4. The minimum Gasteiger partial charge on any atom is -0.492 e. The molecule has 7 nitrogen and oxygen atoms in total. The Kier molecular flexibility index (Phi) is 13.2. The van der Waals surface area contributed by atoms with Crippen LogP contribution in [0.1, 0.15) is 34.1 Å². The first-order valence-electron chi connectivity index (χ1n) is 16.1. The largest absolute Gasteiger partial charge is 0.492 e. The number of para-hydroxylation sites is 5. The summed E-state index contributed by atoms with van der Waals surface area (Å²) in [6, 6.07) is 35.2. The summed E-state index contributed by atoms with van der Waals surface area (Å²) >= 11 is 6.19. The quantitative estimate of drug-likeness (QED) is 0.154. The molecule has 0 aromatic heterocycles. The lowest BCUT2D eigenvalue weighted by atomic mass is 10.1. The SMILES string of the molecule is C.CC1(Oc2ccccc2Cl)CCN(CCOc2ccccc2)C1.CC1(Oc2ccccc2N)CCN(CCOc2ccccc2)C1. The number of nitrogens with zero attached hydrogens (tertiary/aromatic N) is 2. The number of nitrogen functional groups attached to an aromatic ring is 1. The Balaban J connectivity index is 0.000000208. The lowest BCUT2D eigenvalue weighted by Crippen LogP contribution is -2.37. The Morgan fingerprint density at radius 3 is 1.53 bits per heavy atom. The van der Waals surface area contributed by atoms with Crippen LogP contribution >= 0.6 is 11.6 Å². The van der Waals surface area contributed by atoms with E-state index < -0.39 is 0 Å². The maximum atomic E-state index is 6.19. The Hall–Kier alpha value is -3.91. The van der Waals surface area contributed by atoms with Crippen LogP contribution in [0.5, 0.6) is 23.0 Å². The molecule has 0 spiro atoms. The van der Waals surface area contributed by atoms with Gasteiger partial charge < -0.3 is 24.7 Å². The van der Waals surface area contributed by atoms with Crippen molar-refractivity contribution in [2.24, 2.45) is 0 Å². The van der Waals surface area contributed by atoms with Crippen molar-refractivity contribution in [2.45, 2.75) is 45.3 Å². The number of hydrogen-bond acceptors (Lipinski definition) is 7. The molecule has 2 N–H and O–H groups in total. The second kappa shape index (κ2) is 17.3. The molecular formula is C39H50ClN3O4. The smallest absolute Gasteiger partial charge is 0.143 e. The maximum absolute atomic E-state index is 6.19. The summed E-state index contributed by atoms with van der Waals surface area (Å²) in [4.78, 5) is 4.75. The lowest BCUT2D eigenvalue weighted by Gasteiger charge is -2.27. The molecule has 4 aromatic rings. The molecule has 252 valence electrons. The number of halogens is 1. The monoisotopic (exact) mass is 659 g/mol. The van der Waals surface area contributed by atoms with Gasteiger partial charge in [-0.2, -0.15) is 0 Å². The van der Waals surface area contributed by atoms with Gasteiger partial charge in [-0.1, -0.05) is 79.7 Å². The number of ether oxygens (including phenoxy) is 4. The van der Waals surface area contributed by atoms with E-state index in [1.807, 2.05) is 109 Å². The molecule has 2 heterocycles. The van der Waals surface area contributed by atoms with Gasteiger partial charge in [-0.15, -0.1) is 0 Å². The van der Waals surface area contributed by atoms with Gasteiger partial charge in [-0.25, -0.2) is 0 Å². The topological polar surface area (TPSA) is 69.4 Å². The van der Waals surface area contributed by atoms with Crippen LogP contribution in [-0.4, -0.2) is 73.5 Å². The number of hydrogen-bond donors (Lipinski definition) is 1. The van der Waals surface area contributed by atoms with Crippen molar-refractivity contribution >= 4 is 17.3 Å². The molecule has 2 fully saturated rings. The lowest BCUT2D eigenvalue weighted by molar-refractivity contribution is 0.0934. The molecule has 6 rings (SSSR count). The summed E-state index contributed by atoms with van der Waals surface area (Å²) in [5.74, 6) is 3.38. The van der Waals surface area contributed by atoms with E-state index in [2.05, 4.69) is 23.6 Å². The molecule has 2 aliphatic heterocycles. The first-order chi connectivity index (χ1) is 22.3.